The molecule has 0 saturated heterocycles. The minimum Gasteiger partial charge on any atom is -0.492 e. The molecule has 0 spiro atoms. The predicted molar refractivity (Wildman–Crippen MR) is 114 cm³/mol. The molecule has 0 bridgehead atoms. The Morgan fingerprint density at radius 1 is 1.19 bits per heavy atom. The van der Waals surface area contributed by atoms with E-state index in [1.807, 2.05) is 26.2 Å². The summed E-state index contributed by atoms with van der Waals surface area (Å²) in [5.74, 6) is 2.31. The second kappa shape index (κ2) is 14.3. The molecule has 2 N–H and O–H groups in total. The number of hydrogen-bond acceptors (Lipinski definition) is 4. The van der Waals surface area contributed by atoms with Crippen molar-refractivity contribution in [3.8, 4) is 5.75 Å². The highest BCUT2D eigenvalue weighted by Crippen LogP contribution is 2.14. The van der Waals surface area contributed by atoms with Crippen LogP contribution in [-0.4, -0.2) is 64.4 Å². The maximum atomic E-state index is 5.80. The average Bonchev–Trinajstić information content (AvgIpc) is 2.62. The lowest BCUT2D eigenvalue weighted by Gasteiger charge is -2.13. The number of guanidine groups is 1. The van der Waals surface area contributed by atoms with Crippen LogP contribution in [0.3, 0.4) is 0 Å². The molecule has 1 rings (SSSR count). The van der Waals surface area contributed by atoms with Crippen LogP contribution in [0.25, 0.3) is 0 Å². The molecule has 0 amide bonds. The molecule has 0 saturated carbocycles. The third-order valence-electron chi connectivity index (χ3n) is 3.68. The molecule has 0 aliphatic rings. The lowest BCUT2D eigenvalue weighted by Crippen LogP contribution is -2.38. The highest BCUT2D eigenvalue weighted by molar-refractivity contribution is 5.79. The minimum atomic E-state index is 0.583. The molecule has 1 aromatic carbocycles. The van der Waals surface area contributed by atoms with Gasteiger partial charge in [0.1, 0.15) is 12.4 Å². The van der Waals surface area contributed by atoms with E-state index in [0.29, 0.717) is 19.1 Å². The third-order valence-corrected chi connectivity index (χ3v) is 3.68. The second-order valence-electron chi connectivity index (χ2n) is 7.24. The fourth-order valence-electron chi connectivity index (χ4n) is 2.29. The summed E-state index contributed by atoms with van der Waals surface area (Å²) in [6, 6.07) is 8.14. The summed E-state index contributed by atoms with van der Waals surface area (Å²) < 4.78 is 11.4. The Kier molecular flexibility index (Phi) is 12.3. The van der Waals surface area contributed by atoms with Crippen molar-refractivity contribution >= 4 is 5.96 Å². The standard InChI is InChI=1S/C21H38N4O2/c1-6-22-21(23-11-8-13-26-17-18(2)3)24-16-19-9-7-10-20(15-19)27-14-12-25(4)5/h7,9-10,15,18H,6,8,11-14,16-17H2,1-5H3,(H2,22,23,24). The van der Waals surface area contributed by atoms with Gasteiger partial charge in [-0.05, 0) is 51.1 Å². The van der Waals surface area contributed by atoms with Crippen LogP contribution < -0.4 is 15.4 Å². The first-order valence-corrected chi connectivity index (χ1v) is 9.97. The second-order valence-corrected chi connectivity index (χ2v) is 7.24. The van der Waals surface area contributed by atoms with Crippen molar-refractivity contribution in [2.24, 2.45) is 10.9 Å². The van der Waals surface area contributed by atoms with E-state index in [4.69, 9.17) is 9.47 Å². The number of benzene rings is 1. The van der Waals surface area contributed by atoms with Crippen molar-refractivity contribution in [2.75, 3.05) is 53.6 Å². The molecule has 0 fully saturated rings. The molecule has 0 atom stereocenters. The Labute approximate surface area is 165 Å². The number of nitrogens with one attached hydrogen (secondary N) is 2. The van der Waals surface area contributed by atoms with Gasteiger partial charge >= 0.3 is 0 Å². The molecule has 0 heterocycles. The molecule has 0 aliphatic heterocycles. The van der Waals surface area contributed by atoms with Gasteiger partial charge in [-0.1, -0.05) is 26.0 Å². The van der Waals surface area contributed by atoms with Crippen LogP contribution in [-0.2, 0) is 11.3 Å². The fraction of sp³-hybridized carbons (Fsp3) is 0.667. The molecule has 0 aromatic heterocycles. The minimum absolute atomic E-state index is 0.583. The van der Waals surface area contributed by atoms with Crippen LogP contribution in [0.2, 0.25) is 0 Å². The van der Waals surface area contributed by atoms with Gasteiger partial charge in [-0.25, -0.2) is 4.99 Å². The van der Waals surface area contributed by atoms with Gasteiger partial charge in [0.2, 0.25) is 0 Å². The Bertz CT molecular complexity index is 533. The van der Waals surface area contributed by atoms with Crippen LogP contribution in [0, 0.1) is 5.92 Å². The van der Waals surface area contributed by atoms with Crippen molar-refractivity contribution in [2.45, 2.75) is 33.7 Å². The lowest BCUT2D eigenvalue weighted by atomic mass is 10.2. The van der Waals surface area contributed by atoms with Gasteiger partial charge in [0.25, 0.3) is 0 Å². The largest absolute Gasteiger partial charge is 0.492 e. The maximum absolute atomic E-state index is 5.80. The molecular formula is C21H38N4O2. The van der Waals surface area contributed by atoms with E-state index in [2.05, 4.69) is 53.4 Å². The third kappa shape index (κ3) is 12.3. The summed E-state index contributed by atoms with van der Waals surface area (Å²) in [4.78, 5) is 6.78. The molecule has 154 valence electrons. The quantitative estimate of drug-likeness (QED) is 0.314. The van der Waals surface area contributed by atoms with Crippen LogP contribution >= 0.6 is 0 Å². The summed E-state index contributed by atoms with van der Waals surface area (Å²) in [5, 5.41) is 6.65. The Morgan fingerprint density at radius 3 is 2.70 bits per heavy atom. The number of ether oxygens (including phenoxy) is 2. The van der Waals surface area contributed by atoms with Gasteiger partial charge in [0, 0.05) is 32.8 Å². The van der Waals surface area contributed by atoms with Crippen LogP contribution in [0.1, 0.15) is 32.8 Å². The first kappa shape index (κ1) is 23.2. The molecule has 0 unspecified atom stereocenters. The predicted octanol–water partition coefficient (Wildman–Crippen LogP) is 2.74. The molecule has 0 aliphatic carbocycles. The first-order valence-electron chi connectivity index (χ1n) is 9.97. The van der Waals surface area contributed by atoms with Crippen molar-refractivity contribution in [3.63, 3.8) is 0 Å². The van der Waals surface area contributed by atoms with E-state index in [9.17, 15) is 0 Å². The Morgan fingerprint density at radius 2 is 2.00 bits per heavy atom. The summed E-state index contributed by atoms with van der Waals surface area (Å²) in [5.41, 5.74) is 1.13. The molecular weight excluding hydrogens is 340 g/mol. The Balaban J connectivity index is 2.42. The topological polar surface area (TPSA) is 58.1 Å². The number of hydrogen-bond donors (Lipinski definition) is 2. The fourth-order valence-corrected chi connectivity index (χ4v) is 2.29. The summed E-state index contributed by atoms with van der Waals surface area (Å²) in [6.07, 6.45) is 0.965. The van der Waals surface area contributed by atoms with E-state index in [-0.39, 0.29) is 0 Å². The zero-order chi connectivity index (χ0) is 19.9. The SMILES string of the molecule is CCNC(=NCc1cccc(OCCN(C)C)c1)NCCCOCC(C)C. The molecule has 27 heavy (non-hydrogen) atoms. The summed E-state index contributed by atoms with van der Waals surface area (Å²) >= 11 is 0. The van der Waals surface area contributed by atoms with Gasteiger partial charge in [-0.2, -0.15) is 0 Å². The van der Waals surface area contributed by atoms with Crippen molar-refractivity contribution in [1.82, 2.24) is 15.5 Å². The van der Waals surface area contributed by atoms with E-state index in [1.54, 1.807) is 0 Å². The summed E-state index contributed by atoms with van der Waals surface area (Å²) in [6.45, 7) is 11.9. The number of rotatable bonds is 13. The van der Waals surface area contributed by atoms with E-state index in [0.717, 1.165) is 56.5 Å². The van der Waals surface area contributed by atoms with Crippen LogP contribution in [0.4, 0.5) is 0 Å². The van der Waals surface area contributed by atoms with Gasteiger partial charge in [-0.15, -0.1) is 0 Å². The van der Waals surface area contributed by atoms with Gasteiger partial charge < -0.3 is 25.0 Å². The van der Waals surface area contributed by atoms with Gasteiger partial charge in [0.15, 0.2) is 5.96 Å². The van der Waals surface area contributed by atoms with E-state index < -0.39 is 0 Å². The summed E-state index contributed by atoms with van der Waals surface area (Å²) in [7, 11) is 4.08. The smallest absolute Gasteiger partial charge is 0.191 e. The van der Waals surface area contributed by atoms with E-state index in [1.165, 1.54) is 0 Å². The van der Waals surface area contributed by atoms with Crippen LogP contribution in [0.5, 0.6) is 5.75 Å². The van der Waals surface area contributed by atoms with Crippen molar-refractivity contribution in [1.29, 1.82) is 0 Å². The van der Waals surface area contributed by atoms with Crippen molar-refractivity contribution < 1.29 is 9.47 Å². The molecule has 0 radical (unpaired) electrons. The number of likely N-dealkylation sites (N-methyl/N-ethyl adjacent to an activating group) is 1. The molecule has 1 aromatic rings. The Hall–Kier alpha value is -1.79. The number of aliphatic imine (C=N–C) groups is 1. The highest BCUT2D eigenvalue weighted by atomic mass is 16.5. The first-order chi connectivity index (χ1) is 13.0. The number of nitrogens with zero attached hydrogens (tertiary/aromatic N) is 2. The molecule has 6 heteroatoms. The highest BCUT2D eigenvalue weighted by Gasteiger charge is 2.01. The normalized spacial score (nSPS) is 11.9. The zero-order valence-corrected chi connectivity index (χ0v) is 17.8. The molecule has 6 nitrogen and oxygen atoms in total. The van der Waals surface area contributed by atoms with Gasteiger partial charge in [-0.3, -0.25) is 0 Å². The monoisotopic (exact) mass is 378 g/mol. The van der Waals surface area contributed by atoms with Gasteiger partial charge in [0.05, 0.1) is 6.54 Å². The van der Waals surface area contributed by atoms with Crippen molar-refractivity contribution in [3.05, 3.63) is 29.8 Å². The van der Waals surface area contributed by atoms with E-state index >= 15 is 0 Å². The zero-order valence-electron chi connectivity index (χ0n) is 17.8. The van der Waals surface area contributed by atoms with Crippen LogP contribution in [0.15, 0.2) is 29.3 Å². The maximum Gasteiger partial charge on any atom is 0.191 e. The lowest BCUT2D eigenvalue weighted by molar-refractivity contribution is 0.108. The average molecular weight is 379 g/mol.